The zero-order chi connectivity index (χ0) is 17.9. The van der Waals surface area contributed by atoms with Crippen molar-refractivity contribution in [1.82, 2.24) is 36.0 Å². The van der Waals surface area contributed by atoms with Gasteiger partial charge in [-0.25, -0.2) is 4.68 Å². The van der Waals surface area contributed by atoms with Crippen LogP contribution in [0, 0.1) is 5.92 Å². The molecule has 1 saturated heterocycles. The highest BCUT2D eigenvalue weighted by Gasteiger charge is 2.39. The molecule has 9 nitrogen and oxygen atoms in total. The summed E-state index contributed by atoms with van der Waals surface area (Å²) in [6.45, 7) is 0.685. The minimum Gasteiger partial charge on any atom is -0.484 e. The summed E-state index contributed by atoms with van der Waals surface area (Å²) in [6.07, 6.45) is 5.21. The number of rotatable bonds is 6. The summed E-state index contributed by atoms with van der Waals surface area (Å²) in [4.78, 5) is 14.2. The number of aromatic nitrogens is 4. The molecule has 1 aliphatic heterocycles. The molecule has 1 aromatic carbocycles. The van der Waals surface area contributed by atoms with Crippen LogP contribution in [-0.2, 0) is 4.79 Å². The van der Waals surface area contributed by atoms with Crippen molar-refractivity contribution in [3.63, 3.8) is 0 Å². The van der Waals surface area contributed by atoms with Gasteiger partial charge in [0.2, 0.25) is 0 Å². The molecule has 0 spiro atoms. The molecule has 2 aromatic rings. The first-order valence-electron chi connectivity index (χ1n) is 8.92. The average Bonchev–Trinajstić information content (AvgIpc) is 3.39. The van der Waals surface area contributed by atoms with Gasteiger partial charge in [0.05, 0.1) is 5.69 Å². The smallest absolute Gasteiger partial charge is 0.260 e. The number of ether oxygens (including phenoxy) is 1. The normalized spacial score (nSPS) is 24.4. The standard InChI is InChI=1S/C17H23N7O2/c1-23(9-16-14-6-3-7-15(14)19-20-16)17(25)10-26-13-5-2-4-12(8-13)24-11-18-21-22-24/h2,4-5,8,11,14-16,19-20H,3,6-7,9-10H2,1H3. The molecule has 3 unspecified atom stereocenters. The highest BCUT2D eigenvalue weighted by atomic mass is 16.5. The van der Waals surface area contributed by atoms with Crippen molar-refractivity contribution in [2.75, 3.05) is 20.2 Å². The van der Waals surface area contributed by atoms with Crippen LogP contribution in [0.15, 0.2) is 30.6 Å². The topological polar surface area (TPSA) is 97.2 Å². The van der Waals surface area contributed by atoms with Gasteiger partial charge in [-0.2, -0.15) is 0 Å². The summed E-state index contributed by atoms with van der Waals surface area (Å²) in [6, 6.07) is 8.18. The van der Waals surface area contributed by atoms with Crippen molar-refractivity contribution in [1.29, 1.82) is 0 Å². The second-order valence-electron chi connectivity index (χ2n) is 6.91. The van der Waals surface area contributed by atoms with Gasteiger partial charge < -0.3 is 9.64 Å². The van der Waals surface area contributed by atoms with Gasteiger partial charge in [0.15, 0.2) is 6.61 Å². The van der Waals surface area contributed by atoms with E-state index in [1.165, 1.54) is 30.3 Å². The van der Waals surface area contributed by atoms with Gasteiger partial charge in [-0.1, -0.05) is 12.5 Å². The van der Waals surface area contributed by atoms with E-state index in [1.807, 2.05) is 25.2 Å². The van der Waals surface area contributed by atoms with Crippen LogP contribution in [0.5, 0.6) is 5.75 Å². The molecule has 1 saturated carbocycles. The Morgan fingerprint density at radius 2 is 2.31 bits per heavy atom. The Hall–Kier alpha value is -2.52. The number of likely N-dealkylation sites (N-methyl/N-ethyl adjacent to an activating group) is 1. The van der Waals surface area contributed by atoms with E-state index in [2.05, 4.69) is 26.4 Å². The van der Waals surface area contributed by atoms with Crippen molar-refractivity contribution in [3.8, 4) is 11.4 Å². The molecule has 2 heterocycles. The first-order chi connectivity index (χ1) is 12.7. The average molecular weight is 357 g/mol. The maximum Gasteiger partial charge on any atom is 0.260 e. The largest absolute Gasteiger partial charge is 0.484 e. The molecular weight excluding hydrogens is 334 g/mol. The van der Waals surface area contributed by atoms with Gasteiger partial charge in [-0.05, 0) is 41.3 Å². The number of hydrazine groups is 1. The van der Waals surface area contributed by atoms with Crippen molar-refractivity contribution < 1.29 is 9.53 Å². The molecule has 4 rings (SSSR count). The maximum absolute atomic E-state index is 12.4. The van der Waals surface area contributed by atoms with Crippen molar-refractivity contribution in [3.05, 3.63) is 30.6 Å². The number of benzene rings is 1. The SMILES string of the molecule is CN(CC1NNC2CCCC21)C(=O)COc1cccc(-n2cnnn2)c1. The van der Waals surface area contributed by atoms with Crippen molar-refractivity contribution >= 4 is 5.91 Å². The van der Waals surface area contributed by atoms with Crippen LogP contribution in [0.25, 0.3) is 5.69 Å². The van der Waals surface area contributed by atoms with Crippen LogP contribution in [0.3, 0.4) is 0 Å². The van der Waals surface area contributed by atoms with E-state index in [4.69, 9.17) is 4.74 Å². The number of nitrogens with one attached hydrogen (secondary N) is 2. The lowest BCUT2D eigenvalue weighted by atomic mass is 9.97. The predicted molar refractivity (Wildman–Crippen MR) is 93.5 cm³/mol. The van der Waals surface area contributed by atoms with E-state index >= 15 is 0 Å². The van der Waals surface area contributed by atoms with Crippen molar-refractivity contribution in [2.24, 2.45) is 5.92 Å². The van der Waals surface area contributed by atoms with Crippen LogP contribution in [-0.4, -0.2) is 63.3 Å². The first-order valence-corrected chi connectivity index (χ1v) is 8.92. The highest BCUT2D eigenvalue weighted by molar-refractivity contribution is 5.77. The fourth-order valence-electron chi connectivity index (χ4n) is 3.80. The fraction of sp³-hybridized carbons (Fsp3) is 0.529. The maximum atomic E-state index is 12.4. The van der Waals surface area contributed by atoms with Gasteiger partial charge in [0.25, 0.3) is 5.91 Å². The number of tetrazole rings is 1. The zero-order valence-electron chi connectivity index (χ0n) is 14.7. The molecule has 1 aliphatic carbocycles. The van der Waals surface area contributed by atoms with Gasteiger partial charge in [-0.3, -0.25) is 15.6 Å². The number of fused-ring (bicyclic) bond motifs is 1. The summed E-state index contributed by atoms with van der Waals surface area (Å²) >= 11 is 0. The molecule has 0 radical (unpaired) electrons. The lowest BCUT2D eigenvalue weighted by molar-refractivity contribution is -0.132. The van der Waals surface area contributed by atoms with Crippen LogP contribution >= 0.6 is 0 Å². The van der Waals surface area contributed by atoms with Crippen LogP contribution in [0.1, 0.15) is 19.3 Å². The number of nitrogens with zero attached hydrogens (tertiary/aromatic N) is 5. The molecule has 9 heteroatoms. The molecule has 1 aromatic heterocycles. The molecule has 26 heavy (non-hydrogen) atoms. The number of hydrogen-bond acceptors (Lipinski definition) is 7. The summed E-state index contributed by atoms with van der Waals surface area (Å²) in [5.41, 5.74) is 7.47. The third-order valence-electron chi connectivity index (χ3n) is 5.23. The Bertz CT molecular complexity index is 751. The van der Waals surface area contributed by atoms with E-state index < -0.39 is 0 Å². The molecule has 2 fully saturated rings. The van der Waals surface area contributed by atoms with E-state index in [1.54, 1.807) is 11.0 Å². The van der Waals surface area contributed by atoms with E-state index in [9.17, 15) is 4.79 Å². The Morgan fingerprint density at radius 3 is 3.15 bits per heavy atom. The second kappa shape index (κ2) is 7.38. The lowest BCUT2D eigenvalue weighted by Gasteiger charge is -2.24. The summed E-state index contributed by atoms with van der Waals surface area (Å²) in [7, 11) is 1.83. The van der Waals surface area contributed by atoms with Crippen LogP contribution in [0.4, 0.5) is 0 Å². The Kier molecular flexibility index (Phi) is 4.81. The van der Waals surface area contributed by atoms with Gasteiger partial charge in [-0.15, -0.1) is 5.10 Å². The lowest BCUT2D eigenvalue weighted by Crippen LogP contribution is -2.44. The first kappa shape index (κ1) is 16.9. The molecule has 138 valence electrons. The Balaban J connectivity index is 1.30. The van der Waals surface area contributed by atoms with Crippen LogP contribution in [0.2, 0.25) is 0 Å². The Morgan fingerprint density at radius 1 is 1.38 bits per heavy atom. The van der Waals surface area contributed by atoms with Gasteiger partial charge in [0.1, 0.15) is 12.1 Å². The number of hydrogen-bond donors (Lipinski definition) is 2. The minimum absolute atomic E-state index is 0.00377. The number of carbonyl (C=O) groups is 1. The summed E-state index contributed by atoms with van der Waals surface area (Å²) in [5.74, 6) is 1.18. The molecule has 0 bridgehead atoms. The number of amides is 1. The highest BCUT2D eigenvalue weighted by Crippen LogP contribution is 2.31. The Labute approximate surface area is 151 Å². The van der Waals surface area contributed by atoms with E-state index in [0.29, 0.717) is 30.3 Å². The third-order valence-corrected chi connectivity index (χ3v) is 5.23. The summed E-state index contributed by atoms with van der Waals surface area (Å²) < 4.78 is 7.21. The fourth-order valence-corrected chi connectivity index (χ4v) is 3.80. The monoisotopic (exact) mass is 357 g/mol. The third kappa shape index (κ3) is 3.54. The molecule has 1 amide bonds. The van der Waals surface area contributed by atoms with Gasteiger partial charge >= 0.3 is 0 Å². The molecule has 2 N–H and O–H groups in total. The quantitative estimate of drug-likeness (QED) is 0.759. The predicted octanol–water partition coefficient (Wildman–Crippen LogP) is 0.145. The number of carbonyl (C=O) groups excluding carboxylic acids is 1. The van der Waals surface area contributed by atoms with Crippen LogP contribution < -0.4 is 15.6 Å². The molecular formula is C17H23N7O2. The van der Waals surface area contributed by atoms with E-state index in [-0.39, 0.29) is 12.5 Å². The van der Waals surface area contributed by atoms with Gasteiger partial charge in [0, 0.05) is 31.7 Å². The summed E-state index contributed by atoms with van der Waals surface area (Å²) in [5, 5.41) is 11.1. The molecule has 3 atom stereocenters. The second-order valence-corrected chi connectivity index (χ2v) is 6.91. The molecule has 2 aliphatic rings. The zero-order valence-corrected chi connectivity index (χ0v) is 14.7. The minimum atomic E-state index is -0.0407. The van der Waals surface area contributed by atoms with E-state index in [0.717, 1.165) is 5.69 Å². The van der Waals surface area contributed by atoms with Crippen molar-refractivity contribution in [2.45, 2.75) is 31.3 Å².